The molecule has 3 aromatic rings. The maximum Gasteiger partial charge on any atom is 0.176 e. The van der Waals surface area contributed by atoms with Crippen molar-refractivity contribution in [3.8, 4) is 0 Å². The minimum absolute atomic E-state index is 0.292. The average molecular weight is 264 g/mol. The monoisotopic (exact) mass is 264 g/mol. The van der Waals surface area contributed by atoms with Gasteiger partial charge in [-0.2, -0.15) is 10.2 Å². The first kappa shape index (κ1) is 12.0. The van der Waals surface area contributed by atoms with Crippen LogP contribution in [0.1, 0.15) is 5.69 Å². The summed E-state index contributed by atoms with van der Waals surface area (Å²) in [7, 11) is 0. The van der Waals surface area contributed by atoms with E-state index in [-0.39, 0.29) is 0 Å². The van der Waals surface area contributed by atoms with E-state index >= 15 is 0 Å². The van der Waals surface area contributed by atoms with Gasteiger partial charge in [0.25, 0.3) is 0 Å². The van der Waals surface area contributed by atoms with Crippen molar-refractivity contribution in [2.45, 2.75) is 0 Å². The summed E-state index contributed by atoms with van der Waals surface area (Å²) >= 11 is 0. The first-order chi connectivity index (χ1) is 9.84. The largest absolute Gasteiger partial charge is 0.380 e. The topological polar surface area (TPSA) is 89.1 Å². The SMILES string of the molecule is N/C(=N\Nc1nncc2ccccc12)c1ccccn1. The van der Waals surface area contributed by atoms with Gasteiger partial charge in [-0.25, -0.2) is 0 Å². The van der Waals surface area contributed by atoms with E-state index in [9.17, 15) is 0 Å². The highest BCUT2D eigenvalue weighted by Gasteiger charge is 2.03. The van der Waals surface area contributed by atoms with E-state index in [1.807, 2.05) is 36.4 Å². The number of benzene rings is 1. The molecule has 0 aliphatic carbocycles. The van der Waals surface area contributed by atoms with Crippen LogP contribution in [0.4, 0.5) is 5.82 Å². The molecule has 0 unspecified atom stereocenters. The summed E-state index contributed by atoms with van der Waals surface area (Å²) in [5, 5.41) is 14.0. The van der Waals surface area contributed by atoms with Gasteiger partial charge in [-0.3, -0.25) is 10.4 Å². The number of hydrogen-bond acceptors (Lipinski definition) is 5. The molecule has 0 amide bonds. The number of aromatic nitrogens is 3. The lowest BCUT2D eigenvalue weighted by molar-refractivity contribution is 1.04. The molecule has 0 spiro atoms. The van der Waals surface area contributed by atoms with E-state index in [2.05, 4.69) is 25.7 Å². The zero-order chi connectivity index (χ0) is 13.8. The van der Waals surface area contributed by atoms with Crippen LogP contribution in [-0.4, -0.2) is 21.0 Å². The summed E-state index contributed by atoms with van der Waals surface area (Å²) in [5.74, 6) is 0.849. The van der Waals surface area contributed by atoms with Gasteiger partial charge in [0.05, 0.1) is 6.20 Å². The smallest absolute Gasteiger partial charge is 0.176 e. The number of rotatable bonds is 3. The van der Waals surface area contributed by atoms with Gasteiger partial charge in [0.15, 0.2) is 11.7 Å². The highest BCUT2D eigenvalue weighted by molar-refractivity contribution is 5.97. The third-order valence-electron chi connectivity index (χ3n) is 2.78. The Morgan fingerprint density at radius 1 is 1.10 bits per heavy atom. The number of amidine groups is 1. The van der Waals surface area contributed by atoms with Crippen LogP contribution in [0.3, 0.4) is 0 Å². The summed E-state index contributed by atoms with van der Waals surface area (Å²) in [6.07, 6.45) is 3.36. The van der Waals surface area contributed by atoms with Crippen LogP contribution in [0.15, 0.2) is 60.0 Å². The summed E-state index contributed by atoms with van der Waals surface area (Å²) in [4.78, 5) is 4.12. The maximum atomic E-state index is 5.86. The van der Waals surface area contributed by atoms with Crippen LogP contribution in [0.2, 0.25) is 0 Å². The van der Waals surface area contributed by atoms with Crippen LogP contribution >= 0.6 is 0 Å². The molecule has 1 aromatic carbocycles. The molecule has 0 atom stereocenters. The Labute approximate surface area is 115 Å². The molecule has 0 saturated heterocycles. The van der Waals surface area contributed by atoms with Gasteiger partial charge in [-0.1, -0.05) is 30.3 Å². The Bertz CT molecular complexity index is 748. The molecule has 0 saturated carbocycles. The van der Waals surface area contributed by atoms with Crippen molar-refractivity contribution in [1.29, 1.82) is 0 Å². The summed E-state index contributed by atoms with van der Waals surface area (Å²) < 4.78 is 0. The van der Waals surface area contributed by atoms with Gasteiger partial charge in [0, 0.05) is 17.0 Å². The molecule has 0 radical (unpaired) electrons. The van der Waals surface area contributed by atoms with Gasteiger partial charge in [0.2, 0.25) is 0 Å². The Morgan fingerprint density at radius 2 is 1.95 bits per heavy atom. The minimum Gasteiger partial charge on any atom is -0.380 e. The molecule has 98 valence electrons. The first-order valence-corrected chi connectivity index (χ1v) is 6.05. The second-order valence-electron chi connectivity index (χ2n) is 4.10. The predicted molar refractivity (Wildman–Crippen MR) is 78.1 cm³/mol. The average Bonchev–Trinajstić information content (AvgIpc) is 2.53. The number of anilines is 1. The van der Waals surface area contributed by atoms with Gasteiger partial charge >= 0.3 is 0 Å². The van der Waals surface area contributed by atoms with E-state index in [0.29, 0.717) is 17.3 Å². The van der Waals surface area contributed by atoms with Crippen molar-refractivity contribution in [3.63, 3.8) is 0 Å². The Morgan fingerprint density at radius 3 is 2.80 bits per heavy atom. The number of hydrazone groups is 1. The molecule has 3 rings (SSSR count). The Kier molecular flexibility index (Phi) is 3.20. The van der Waals surface area contributed by atoms with Gasteiger partial charge in [-0.05, 0) is 12.1 Å². The third-order valence-corrected chi connectivity index (χ3v) is 2.78. The first-order valence-electron chi connectivity index (χ1n) is 6.05. The molecule has 0 aliphatic rings. The quantitative estimate of drug-likeness (QED) is 0.427. The summed E-state index contributed by atoms with van der Waals surface area (Å²) in [6.45, 7) is 0. The van der Waals surface area contributed by atoms with E-state index in [1.165, 1.54) is 0 Å². The van der Waals surface area contributed by atoms with Crippen LogP contribution in [0.5, 0.6) is 0 Å². The molecule has 3 N–H and O–H groups in total. The van der Waals surface area contributed by atoms with E-state index in [4.69, 9.17) is 5.73 Å². The fraction of sp³-hybridized carbons (Fsp3) is 0. The zero-order valence-electron chi connectivity index (χ0n) is 10.6. The van der Waals surface area contributed by atoms with Gasteiger partial charge in [-0.15, -0.1) is 5.10 Å². The molecular formula is C14H12N6. The maximum absolute atomic E-state index is 5.86. The second kappa shape index (κ2) is 5.31. The molecule has 2 heterocycles. The van der Waals surface area contributed by atoms with E-state index < -0.39 is 0 Å². The lowest BCUT2D eigenvalue weighted by Gasteiger charge is -2.04. The number of pyridine rings is 1. The van der Waals surface area contributed by atoms with Crippen LogP contribution < -0.4 is 11.2 Å². The summed E-state index contributed by atoms with van der Waals surface area (Å²) in [5.41, 5.74) is 9.30. The number of fused-ring (bicyclic) bond motifs is 1. The number of nitrogens with zero attached hydrogens (tertiary/aromatic N) is 4. The van der Waals surface area contributed by atoms with Crippen LogP contribution in [0, 0.1) is 0 Å². The fourth-order valence-corrected chi connectivity index (χ4v) is 1.80. The van der Waals surface area contributed by atoms with Crippen molar-refractivity contribution >= 4 is 22.4 Å². The number of hydrogen-bond donors (Lipinski definition) is 2. The molecule has 6 nitrogen and oxygen atoms in total. The number of nitrogens with two attached hydrogens (primary N) is 1. The second-order valence-corrected chi connectivity index (χ2v) is 4.10. The molecule has 6 heteroatoms. The van der Waals surface area contributed by atoms with Crippen molar-refractivity contribution in [2.75, 3.05) is 5.43 Å². The predicted octanol–water partition coefficient (Wildman–Crippen LogP) is 1.76. The van der Waals surface area contributed by atoms with E-state index in [1.54, 1.807) is 18.5 Å². The third kappa shape index (κ3) is 2.39. The highest BCUT2D eigenvalue weighted by atomic mass is 15.4. The van der Waals surface area contributed by atoms with Crippen molar-refractivity contribution in [1.82, 2.24) is 15.2 Å². The Balaban J connectivity index is 1.91. The molecule has 0 bridgehead atoms. The van der Waals surface area contributed by atoms with Crippen LogP contribution in [0.25, 0.3) is 10.8 Å². The van der Waals surface area contributed by atoms with Gasteiger partial charge in [0.1, 0.15) is 5.69 Å². The standard InChI is InChI=1S/C14H12N6/c15-13(12-7-3-4-8-16-12)18-20-14-11-6-2-1-5-10(11)9-17-19-14/h1-9H,(H2,15,18)(H,19,20). The van der Waals surface area contributed by atoms with Crippen molar-refractivity contribution in [2.24, 2.45) is 10.8 Å². The van der Waals surface area contributed by atoms with Crippen molar-refractivity contribution < 1.29 is 0 Å². The number of nitrogens with one attached hydrogen (secondary N) is 1. The van der Waals surface area contributed by atoms with Gasteiger partial charge < -0.3 is 5.73 Å². The van der Waals surface area contributed by atoms with Crippen molar-refractivity contribution in [3.05, 3.63) is 60.6 Å². The van der Waals surface area contributed by atoms with Crippen LogP contribution in [-0.2, 0) is 0 Å². The molecule has 0 fully saturated rings. The minimum atomic E-state index is 0.292. The summed E-state index contributed by atoms with van der Waals surface area (Å²) in [6, 6.07) is 13.2. The van der Waals surface area contributed by atoms with E-state index in [0.717, 1.165) is 10.8 Å². The zero-order valence-corrected chi connectivity index (χ0v) is 10.6. The highest BCUT2D eigenvalue weighted by Crippen LogP contribution is 2.18. The molecule has 2 aromatic heterocycles. The fourth-order valence-electron chi connectivity index (χ4n) is 1.80. The lowest BCUT2D eigenvalue weighted by Crippen LogP contribution is -2.17. The molecular weight excluding hydrogens is 252 g/mol. The Hall–Kier alpha value is -3.02. The normalized spacial score (nSPS) is 11.5. The molecule has 0 aliphatic heterocycles. The lowest BCUT2D eigenvalue weighted by atomic mass is 10.2. The molecule has 20 heavy (non-hydrogen) atoms.